The molecule has 0 atom stereocenters. The zero-order valence-corrected chi connectivity index (χ0v) is 12.8. The van der Waals surface area contributed by atoms with Gasteiger partial charge in [-0.25, -0.2) is 8.42 Å². The molecular weight excluding hydrogens is 276 g/mol. The van der Waals surface area contributed by atoms with Gasteiger partial charge in [0.25, 0.3) is 0 Å². The lowest BCUT2D eigenvalue weighted by Gasteiger charge is -2.19. The highest BCUT2D eigenvalue weighted by molar-refractivity contribution is 7.88. The second kappa shape index (κ2) is 8.01. The van der Waals surface area contributed by atoms with Gasteiger partial charge in [0.2, 0.25) is 15.9 Å². The van der Waals surface area contributed by atoms with Crippen LogP contribution in [0.1, 0.15) is 26.2 Å². The summed E-state index contributed by atoms with van der Waals surface area (Å²) >= 11 is 0. The van der Waals surface area contributed by atoms with Gasteiger partial charge >= 0.3 is 0 Å². The topological polar surface area (TPSA) is 66.5 Å². The number of hydrogen-bond acceptors (Lipinski definition) is 3. The molecule has 1 N–H and O–H groups in total. The van der Waals surface area contributed by atoms with Crippen molar-refractivity contribution in [3.63, 3.8) is 0 Å². The Morgan fingerprint density at radius 3 is 2.40 bits per heavy atom. The Bertz CT molecular complexity index is 514. The molecule has 0 bridgehead atoms. The highest BCUT2D eigenvalue weighted by Gasteiger charge is 2.19. The van der Waals surface area contributed by atoms with Crippen molar-refractivity contribution in [2.45, 2.75) is 26.2 Å². The fraction of sp³-hybridized carbons (Fsp3) is 0.500. The molecule has 0 spiro atoms. The molecule has 112 valence electrons. The van der Waals surface area contributed by atoms with Gasteiger partial charge in [-0.1, -0.05) is 38.0 Å². The summed E-state index contributed by atoms with van der Waals surface area (Å²) in [5.74, 6) is -0.321. The molecule has 0 aliphatic carbocycles. The molecule has 0 radical (unpaired) electrons. The smallest absolute Gasteiger partial charge is 0.239 e. The molecular formula is C14H22N2O3S. The predicted molar refractivity (Wildman–Crippen MR) is 81.0 cm³/mol. The van der Waals surface area contributed by atoms with Crippen molar-refractivity contribution in [1.29, 1.82) is 0 Å². The number of benzene rings is 1. The lowest BCUT2D eigenvalue weighted by Crippen LogP contribution is -2.38. The van der Waals surface area contributed by atoms with E-state index in [4.69, 9.17) is 0 Å². The third kappa shape index (κ3) is 6.16. The van der Waals surface area contributed by atoms with Crippen molar-refractivity contribution in [3.8, 4) is 0 Å². The summed E-state index contributed by atoms with van der Waals surface area (Å²) in [5, 5.41) is 2.69. The molecule has 1 aromatic carbocycles. The first-order valence-electron chi connectivity index (χ1n) is 6.73. The van der Waals surface area contributed by atoms with Gasteiger partial charge in [-0.15, -0.1) is 0 Å². The molecule has 0 saturated carbocycles. The molecule has 20 heavy (non-hydrogen) atoms. The minimum absolute atomic E-state index is 0.141. The van der Waals surface area contributed by atoms with E-state index in [-0.39, 0.29) is 12.5 Å². The fourth-order valence-electron chi connectivity index (χ4n) is 1.78. The number of anilines is 1. The molecule has 1 aromatic rings. The van der Waals surface area contributed by atoms with Crippen molar-refractivity contribution < 1.29 is 13.2 Å². The Labute approximate surface area is 121 Å². The lowest BCUT2D eigenvalue weighted by molar-refractivity contribution is -0.116. The molecule has 1 rings (SSSR count). The SMILES string of the molecule is CCCCCN(CC(=O)Nc1ccccc1)S(C)(=O)=O. The minimum atomic E-state index is -3.36. The van der Waals surface area contributed by atoms with E-state index in [2.05, 4.69) is 5.32 Å². The highest BCUT2D eigenvalue weighted by atomic mass is 32.2. The molecule has 0 unspecified atom stereocenters. The van der Waals surface area contributed by atoms with Crippen LogP contribution >= 0.6 is 0 Å². The fourth-order valence-corrected chi connectivity index (χ4v) is 2.59. The lowest BCUT2D eigenvalue weighted by atomic mass is 10.2. The zero-order chi connectivity index (χ0) is 15.0. The summed E-state index contributed by atoms with van der Waals surface area (Å²) in [4.78, 5) is 11.9. The Hall–Kier alpha value is -1.40. The van der Waals surface area contributed by atoms with Crippen molar-refractivity contribution in [1.82, 2.24) is 4.31 Å². The van der Waals surface area contributed by atoms with Crippen molar-refractivity contribution in [2.24, 2.45) is 0 Å². The second-order valence-corrected chi connectivity index (χ2v) is 6.70. The van der Waals surface area contributed by atoms with Crippen LogP contribution in [0.15, 0.2) is 30.3 Å². The number of unbranched alkanes of at least 4 members (excludes halogenated alkanes) is 2. The molecule has 0 aliphatic rings. The van der Waals surface area contributed by atoms with Gasteiger partial charge in [-0.2, -0.15) is 4.31 Å². The van der Waals surface area contributed by atoms with Crippen LogP contribution in [0.5, 0.6) is 0 Å². The van der Waals surface area contributed by atoms with E-state index >= 15 is 0 Å². The maximum Gasteiger partial charge on any atom is 0.239 e. The maximum absolute atomic E-state index is 11.9. The molecule has 0 heterocycles. The van der Waals surface area contributed by atoms with Crippen molar-refractivity contribution >= 4 is 21.6 Å². The Morgan fingerprint density at radius 1 is 1.20 bits per heavy atom. The first-order valence-corrected chi connectivity index (χ1v) is 8.58. The van der Waals surface area contributed by atoms with Gasteiger partial charge < -0.3 is 5.32 Å². The number of nitrogens with zero attached hydrogens (tertiary/aromatic N) is 1. The molecule has 0 saturated heterocycles. The molecule has 0 aliphatic heterocycles. The van der Waals surface area contributed by atoms with Crippen LogP contribution in [0.2, 0.25) is 0 Å². The summed E-state index contributed by atoms with van der Waals surface area (Å²) in [6, 6.07) is 9.00. The number of nitrogens with one attached hydrogen (secondary N) is 1. The molecule has 0 aromatic heterocycles. The summed E-state index contributed by atoms with van der Waals surface area (Å²) in [6.45, 7) is 2.29. The third-order valence-corrected chi connectivity index (χ3v) is 4.11. The Morgan fingerprint density at radius 2 is 1.85 bits per heavy atom. The van der Waals surface area contributed by atoms with Crippen molar-refractivity contribution in [2.75, 3.05) is 24.7 Å². The van der Waals surface area contributed by atoms with E-state index in [1.165, 1.54) is 4.31 Å². The molecule has 6 heteroatoms. The number of para-hydroxylation sites is 1. The summed E-state index contributed by atoms with van der Waals surface area (Å²) in [7, 11) is -3.36. The zero-order valence-electron chi connectivity index (χ0n) is 12.0. The van der Waals surface area contributed by atoms with Crippen LogP contribution in [0.4, 0.5) is 5.69 Å². The van der Waals surface area contributed by atoms with E-state index in [1.807, 2.05) is 25.1 Å². The van der Waals surface area contributed by atoms with E-state index in [1.54, 1.807) is 12.1 Å². The average Bonchev–Trinajstić information content (AvgIpc) is 2.38. The van der Waals surface area contributed by atoms with Crippen molar-refractivity contribution in [3.05, 3.63) is 30.3 Å². The number of sulfonamides is 1. The van der Waals surface area contributed by atoms with Crippen LogP contribution in [0.3, 0.4) is 0 Å². The first-order chi connectivity index (χ1) is 9.43. The van der Waals surface area contributed by atoms with Crippen LogP contribution in [0, 0.1) is 0 Å². The second-order valence-electron chi connectivity index (χ2n) is 4.72. The van der Waals surface area contributed by atoms with E-state index in [0.717, 1.165) is 25.5 Å². The minimum Gasteiger partial charge on any atom is -0.325 e. The predicted octanol–water partition coefficient (Wildman–Crippen LogP) is 2.08. The summed E-state index contributed by atoms with van der Waals surface area (Å²) in [6.07, 6.45) is 3.86. The number of rotatable bonds is 8. The number of carbonyl (C=O) groups is 1. The molecule has 1 amide bonds. The maximum atomic E-state index is 11.9. The van der Waals surface area contributed by atoms with Crippen LogP contribution < -0.4 is 5.32 Å². The highest BCUT2D eigenvalue weighted by Crippen LogP contribution is 2.07. The van der Waals surface area contributed by atoms with Gasteiger partial charge in [0, 0.05) is 12.2 Å². The van der Waals surface area contributed by atoms with E-state index < -0.39 is 10.0 Å². The monoisotopic (exact) mass is 298 g/mol. The third-order valence-electron chi connectivity index (χ3n) is 2.86. The van der Waals surface area contributed by atoms with E-state index in [9.17, 15) is 13.2 Å². The standard InChI is InChI=1S/C14H22N2O3S/c1-3-4-8-11-16(20(2,18)19)12-14(17)15-13-9-6-5-7-10-13/h5-7,9-10H,3-4,8,11-12H2,1-2H3,(H,15,17). The van der Waals surface area contributed by atoms with E-state index in [0.29, 0.717) is 12.2 Å². The van der Waals surface area contributed by atoms with Gasteiger partial charge in [0.05, 0.1) is 12.8 Å². The van der Waals surface area contributed by atoms with Gasteiger partial charge in [0.1, 0.15) is 0 Å². The normalized spacial score (nSPS) is 11.6. The number of carbonyl (C=O) groups excluding carboxylic acids is 1. The van der Waals surface area contributed by atoms with Crippen LogP contribution in [0.25, 0.3) is 0 Å². The van der Waals surface area contributed by atoms with Gasteiger partial charge in [0.15, 0.2) is 0 Å². The largest absolute Gasteiger partial charge is 0.325 e. The van der Waals surface area contributed by atoms with Crippen LogP contribution in [-0.2, 0) is 14.8 Å². The summed E-state index contributed by atoms with van der Waals surface area (Å²) < 4.78 is 24.5. The van der Waals surface area contributed by atoms with Gasteiger partial charge in [-0.3, -0.25) is 4.79 Å². The Balaban J connectivity index is 2.58. The molecule has 5 nitrogen and oxygen atoms in total. The quantitative estimate of drug-likeness (QED) is 0.747. The first kappa shape index (κ1) is 16.7. The molecule has 0 fully saturated rings. The van der Waals surface area contributed by atoms with Crippen LogP contribution in [-0.4, -0.2) is 38.0 Å². The van der Waals surface area contributed by atoms with Gasteiger partial charge in [-0.05, 0) is 18.6 Å². The number of hydrogen-bond donors (Lipinski definition) is 1. The average molecular weight is 298 g/mol. The summed E-state index contributed by atoms with van der Waals surface area (Å²) in [5.41, 5.74) is 0.666. The number of amides is 1. The Kier molecular flexibility index (Phi) is 6.67.